The molecular formula is C88H142O41. The predicted molar refractivity (Wildman–Crippen MR) is 435 cm³/mol. The highest BCUT2D eigenvalue weighted by Gasteiger charge is 2.72. The number of rotatable bonds is 27. The van der Waals surface area contributed by atoms with E-state index in [2.05, 4.69) is 47.3 Å². The van der Waals surface area contributed by atoms with Gasteiger partial charge in [0, 0.05) is 30.3 Å². The van der Waals surface area contributed by atoms with Crippen LogP contribution in [-0.2, 0) is 85.4 Å². The fraction of sp³-hybridized carbons (Fsp3) is 0.909. The van der Waals surface area contributed by atoms with E-state index in [9.17, 15) is 122 Å². The first-order valence-electron chi connectivity index (χ1n) is 45.5. The van der Waals surface area contributed by atoms with Crippen LogP contribution in [0.5, 0.6) is 0 Å². The van der Waals surface area contributed by atoms with Gasteiger partial charge < -0.3 is 193 Å². The van der Waals surface area contributed by atoms with Crippen LogP contribution in [-0.4, -0.2) is 414 Å². The van der Waals surface area contributed by atoms with E-state index in [1.807, 2.05) is 13.8 Å². The van der Waals surface area contributed by atoms with Crippen LogP contribution in [0.1, 0.15) is 153 Å². The van der Waals surface area contributed by atoms with Gasteiger partial charge in [-0.15, -0.1) is 6.58 Å². The third-order valence-corrected chi connectivity index (χ3v) is 32.4. The molecule has 0 spiro atoms. The van der Waals surface area contributed by atoms with Gasteiger partial charge in [0.05, 0.1) is 92.9 Å². The summed E-state index contributed by atoms with van der Waals surface area (Å²) in [4.78, 5) is 30.9. The van der Waals surface area contributed by atoms with Crippen molar-refractivity contribution in [2.75, 3.05) is 46.2 Å². The lowest BCUT2D eigenvalue weighted by Gasteiger charge is -2.71. The lowest BCUT2D eigenvalue weighted by atomic mass is 9.33. The summed E-state index contributed by atoms with van der Waals surface area (Å²) in [5.74, 6) is -4.14. The van der Waals surface area contributed by atoms with E-state index in [1.54, 1.807) is 20.8 Å². The molecule has 23 N–H and O–H groups in total. The Bertz CT molecular complexity index is 3820. The smallest absolute Gasteiger partial charge is 0.336 e. The molecule has 7 saturated heterocycles. The van der Waals surface area contributed by atoms with E-state index in [-0.39, 0.29) is 55.9 Å². The highest BCUT2D eigenvalue weighted by molar-refractivity contribution is 5.89. The first-order valence-corrected chi connectivity index (χ1v) is 45.5. The van der Waals surface area contributed by atoms with Crippen LogP contribution in [0.4, 0.5) is 0 Å². The van der Waals surface area contributed by atoms with Gasteiger partial charge in [0.25, 0.3) is 0 Å². The standard InChI is InChI=1S/C88H142O41/c1-13-84(9,129-80-65(108)59(102)53(96)37(4)117-80)20-14-15-38(28-89)73(112)122-51-27-88(81(113)128-75-64(107)56(99)47(34-115-75)118-43-25-39(29-90)54(97)71(57(43)100)127-78-67(110)61(104)69(46(32-93)121-78)124-76-62(105)52(95)35(2)36(3)116-76)24-23-86(11)40(41(88)26-82(51,5)6)16-17-49-85(10)21-19-50(83(7,8)48(85)18-22-87(49,86)12)123-77-66(109)60(103)70(45(31-92)120-77)125-79-68(111)72(58(101)44(30-91)119-79)126-74-63(106)55(98)42(94)33-114-74/h13,15-16,35-37,39,41-72,74-80,89-111H,1,14,17-34H2,2-12H3/b38-15+. The molecule has 6 aliphatic carbocycles. The molecule has 13 rings (SSSR count). The van der Waals surface area contributed by atoms with E-state index in [4.69, 9.17) is 75.8 Å². The Labute approximate surface area is 748 Å². The number of fused-ring (bicyclic) bond motifs is 7. The number of hydrogen-bond acceptors (Lipinski definition) is 41. The molecule has 13 aliphatic rings. The molecule has 0 aromatic rings. The lowest BCUT2D eigenvalue weighted by Crippen LogP contribution is -2.67. The molecule has 0 aromatic heterocycles. The minimum Gasteiger partial charge on any atom is -0.458 e. The number of carbonyl (C=O) groups is 2. The first-order chi connectivity index (χ1) is 60.6. The van der Waals surface area contributed by atoms with Gasteiger partial charge in [0.1, 0.15) is 153 Å². The van der Waals surface area contributed by atoms with E-state index in [0.29, 0.717) is 38.5 Å². The molecule has 740 valence electrons. The van der Waals surface area contributed by atoms with E-state index >= 15 is 4.79 Å². The topological polar surface area (TPSA) is 647 Å². The summed E-state index contributed by atoms with van der Waals surface area (Å²) in [6.07, 6.45) is -52.5. The molecule has 0 radical (unpaired) electrons. The second-order valence-corrected chi connectivity index (χ2v) is 40.8. The van der Waals surface area contributed by atoms with Crippen LogP contribution in [0.25, 0.3) is 0 Å². The van der Waals surface area contributed by atoms with Crippen molar-refractivity contribution in [3.63, 3.8) is 0 Å². The largest absolute Gasteiger partial charge is 0.458 e. The SMILES string of the molecule is C=CC(C)(CC/C=C(\CO)C(=O)OC1CC2(C(=O)OC3OCC(OC4CC(CO)C(O)C(OC5OC(CO)C(OC6OC(C)C(C)C(O)C6O)C(O)C5O)C4O)C(O)C3O)CCC3(C)C(=CCC4C5(C)CCC(OC6OC(CO)C(OC7OC(CO)C(O)C(OC8OCC(O)C(O)C8O)C7O)C(O)C6O)C(C)(C)C5CCC43C)C2CC1(C)C)OC1OC(C)C(O)C(O)C1O. The van der Waals surface area contributed by atoms with Crippen molar-refractivity contribution in [3.8, 4) is 0 Å². The van der Waals surface area contributed by atoms with E-state index in [0.717, 1.165) is 5.57 Å². The number of aliphatic hydroxyl groups excluding tert-OH is 23. The summed E-state index contributed by atoms with van der Waals surface area (Å²) >= 11 is 0. The molecule has 41 heteroatoms. The summed E-state index contributed by atoms with van der Waals surface area (Å²) in [5.41, 5.74) is -5.14. The van der Waals surface area contributed by atoms with Crippen LogP contribution in [0.2, 0.25) is 0 Å². The van der Waals surface area contributed by atoms with E-state index < -0.39 is 347 Å². The van der Waals surface area contributed by atoms with Gasteiger partial charge in [-0.3, -0.25) is 4.79 Å². The van der Waals surface area contributed by atoms with Crippen molar-refractivity contribution < 1.29 is 203 Å². The Hall–Kier alpha value is -3.32. The van der Waals surface area contributed by atoms with Crippen LogP contribution < -0.4 is 0 Å². The van der Waals surface area contributed by atoms with Crippen LogP contribution in [0, 0.1) is 62.1 Å². The molecule has 7 aliphatic heterocycles. The Morgan fingerprint density at radius 1 is 0.488 bits per heavy atom. The van der Waals surface area contributed by atoms with Gasteiger partial charge in [-0.2, -0.15) is 0 Å². The van der Waals surface area contributed by atoms with Gasteiger partial charge in [-0.1, -0.05) is 79.2 Å². The summed E-state index contributed by atoms with van der Waals surface area (Å²) < 4.78 is 96.4. The number of carbonyl (C=O) groups excluding carboxylic acids is 2. The number of esters is 2. The fourth-order valence-electron chi connectivity index (χ4n) is 23.7. The average Bonchev–Trinajstić information content (AvgIpc) is 0.671. The average molecular weight is 1860 g/mol. The second kappa shape index (κ2) is 40.2. The van der Waals surface area contributed by atoms with Crippen molar-refractivity contribution in [2.45, 2.75) is 392 Å². The van der Waals surface area contributed by atoms with Crippen molar-refractivity contribution >= 4 is 11.9 Å². The molecule has 129 heavy (non-hydrogen) atoms. The Balaban J connectivity index is 0.717. The summed E-state index contributed by atoms with van der Waals surface area (Å²) in [6.45, 7) is 20.0. The van der Waals surface area contributed by atoms with Gasteiger partial charge in [-0.05, 0) is 131 Å². The highest BCUT2D eigenvalue weighted by Crippen LogP contribution is 2.76. The number of hydrogen-bond donors (Lipinski definition) is 23. The summed E-state index contributed by atoms with van der Waals surface area (Å²) in [6, 6.07) is 0. The minimum atomic E-state index is -2.06. The zero-order valence-corrected chi connectivity index (χ0v) is 74.8. The Morgan fingerprint density at radius 3 is 1.66 bits per heavy atom. The van der Waals surface area contributed by atoms with Crippen LogP contribution in [0.15, 0.2) is 36.0 Å². The monoisotopic (exact) mass is 1850 g/mol. The second-order valence-electron chi connectivity index (χ2n) is 40.8. The molecular weight excluding hydrogens is 1710 g/mol. The molecule has 0 amide bonds. The van der Waals surface area contributed by atoms with Crippen molar-refractivity contribution in [3.05, 3.63) is 36.0 Å². The van der Waals surface area contributed by atoms with Gasteiger partial charge in [-0.25, -0.2) is 4.79 Å². The summed E-state index contributed by atoms with van der Waals surface area (Å²) in [7, 11) is 0. The van der Waals surface area contributed by atoms with Crippen LogP contribution >= 0.6 is 0 Å². The van der Waals surface area contributed by atoms with Crippen molar-refractivity contribution in [2.24, 2.45) is 62.1 Å². The quantitative estimate of drug-likeness (QED) is 0.0158. The lowest BCUT2D eigenvalue weighted by molar-refractivity contribution is -0.380. The first kappa shape index (κ1) is 103. The third-order valence-electron chi connectivity index (χ3n) is 32.4. The molecule has 41 nitrogen and oxygen atoms in total. The Kier molecular flexibility index (Phi) is 32.2. The zero-order chi connectivity index (χ0) is 94.5. The third kappa shape index (κ3) is 19.2. The maximum absolute atomic E-state index is 16.2. The van der Waals surface area contributed by atoms with Crippen LogP contribution in [0.3, 0.4) is 0 Å². The van der Waals surface area contributed by atoms with Crippen molar-refractivity contribution in [1.82, 2.24) is 0 Å². The zero-order valence-electron chi connectivity index (χ0n) is 74.8. The van der Waals surface area contributed by atoms with E-state index in [1.165, 1.54) is 19.1 Å². The van der Waals surface area contributed by atoms with Gasteiger partial charge >= 0.3 is 11.9 Å². The number of ether oxygens (including phenoxy) is 16. The predicted octanol–water partition coefficient (Wildman–Crippen LogP) is -5.31. The number of aliphatic hydroxyl groups is 23. The van der Waals surface area contributed by atoms with Gasteiger partial charge in [0.15, 0.2) is 37.7 Å². The Morgan fingerprint density at radius 2 is 1.04 bits per heavy atom. The molecule has 12 fully saturated rings. The highest BCUT2D eigenvalue weighted by atomic mass is 16.8. The molecule has 7 heterocycles. The molecule has 5 saturated carbocycles. The molecule has 48 atom stereocenters. The number of allylic oxidation sites excluding steroid dienone is 3. The maximum atomic E-state index is 16.2. The minimum absolute atomic E-state index is 0.00916. The molecule has 0 bridgehead atoms. The van der Waals surface area contributed by atoms with Crippen molar-refractivity contribution in [1.29, 1.82) is 0 Å². The molecule has 0 aromatic carbocycles. The fourth-order valence-corrected chi connectivity index (χ4v) is 23.7. The molecule has 48 unspecified atom stereocenters. The normalized spacial score (nSPS) is 51.1. The van der Waals surface area contributed by atoms with Gasteiger partial charge in [0.2, 0.25) is 6.29 Å². The summed E-state index contributed by atoms with van der Waals surface area (Å²) in [5, 5.41) is 255. The maximum Gasteiger partial charge on any atom is 0.336 e.